The molecular weight excluding hydrogens is 230 g/mol. The molecule has 1 N–H and O–H groups in total. The standard InChI is InChI=1S/C10H9NO4S/c12-16(13,14)15-7-9-6-5-8-3-1-2-4-10(8)11-9/h1-6H,7H2,(H,12,13,14). The zero-order chi connectivity index (χ0) is 11.6. The van der Waals surface area contributed by atoms with Gasteiger partial charge in [0.25, 0.3) is 0 Å². The van der Waals surface area contributed by atoms with Gasteiger partial charge >= 0.3 is 10.4 Å². The van der Waals surface area contributed by atoms with E-state index < -0.39 is 10.4 Å². The van der Waals surface area contributed by atoms with Gasteiger partial charge in [-0.25, -0.2) is 4.18 Å². The minimum atomic E-state index is -4.42. The van der Waals surface area contributed by atoms with Gasteiger partial charge in [-0.3, -0.25) is 9.54 Å². The van der Waals surface area contributed by atoms with E-state index in [1.54, 1.807) is 6.07 Å². The number of fused-ring (bicyclic) bond motifs is 1. The van der Waals surface area contributed by atoms with E-state index in [-0.39, 0.29) is 6.61 Å². The molecule has 0 aliphatic heterocycles. The van der Waals surface area contributed by atoms with Gasteiger partial charge in [0, 0.05) is 5.39 Å². The number of hydrogen-bond acceptors (Lipinski definition) is 4. The molecule has 1 aromatic heterocycles. The van der Waals surface area contributed by atoms with Crippen LogP contribution in [0.2, 0.25) is 0 Å². The second kappa shape index (κ2) is 4.17. The summed E-state index contributed by atoms with van der Waals surface area (Å²) in [6.07, 6.45) is 0. The van der Waals surface area contributed by atoms with Crippen molar-refractivity contribution in [2.75, 3.05) is 0 Å². The summed E-state index contributed by atoms with van der Waals surface area (Å²) in [5.41, 5.74) is 1.19. The Balaban J connectivity index is 2.26. The predicted octanol–water partition coefficient (Wildman–Crippen LogP) is 1.55. The van der Waals surface area contributed by atoms with Gasteiger partial charge in [-0.15, -0.1) is 0 Å². The molecule has 0 atom stereocenters. The van der Waals surface area contributed by atoms with E-state index in [0.29, 0.717) is 5.69 Å². The summed E-state index contributed by atoms with van der Waals surface area (Å²) in [6.45, 7) is -0.274. The number of aromatic nitrogens is 1. The van der Waals surface area contributed by atoms with Crippen LogP contribution in [0.5, 0.6) is 0 Å². The smallest absolute Gasteiger partial charge is 0.264 e. The van der Waals surface area contributed by atoms with E-state index in [1.165, 1.54) is 0 Å². The number of benzene rings is 1. The van der Waals surface area contributed by atoms with Crippen LogP contribution >= 0.6 is 0 Å². The van der Waals surface area contributed by atoms with Crippen LogP contribution in [-0.4, -0.2) is 18.0 Å². The molecular formula is C10H9NO4S. The van der Waals surface area contributed by atoms with Crippen LogP contribution in [0.1, 0.15) is 5.69 Å². The van der Waals surface area contributed by atoms with Crippen LogP contribution in [0.3, 0.4) is 0 Å². The summed E-state index contributed by atoms with van der Waals surface area (Å²) in [5, 5.41) is 0.957. The SMILES string of the molecule is O=S(=O)(O)OCc1ccc2ccccc2n1. The fourth-order valence-corrected chi connectivity index (χ4v) is 1.59. The number of para-hydroxylation sites is 1. The zero-order valence-electron chi connectivity index (χ0n) is 8.20. The molecule has 0 saturated carbocycles. The summed E-state index contributed by atoms with van der Waals surface area (Å²) in [7, 11) is -4.42. The third kappa shape index (κ3) is 2.75. The summed E-state index contributed by atoms with van der Waals surface area (Å²) in [6, 6.07) is 10.9. The average Bonchev–Trinajstić information content (AvgIpc) is 2.25. The molecule has 1 aromatic carbocycles. The molecule has 0 bridgehead atoms. The second-order valence-electron chi connectivity index (χ2n) is 3.19. The van der Waals surface area contributed by atoms with Crippen molar-refractivity contribution in [3.8, 4) is 0 Å². The highest BCUT2D eigenvalue weighted by molar-refractivity contribution is 7.80. The Labute approximate surface area is 92.6 Å². The lowest BCUT2D eigenvalue weighted by Gasteiger charge is -2.01. The second-order valence-corrected chi connectivity index (χ2v) is 4.28. The molecule has 0 spiro atoms. The number of nitrogens with zero attached hydrogens (tertiary/aromatic N) is 1. The van der Waals surface area contributed by atoms with Crippen LogP contribution in [0.15, 0.2) is 36.4 Å². The molecule has 6 heteroatoms. The highest BCUT2D eigenvalue weighted by Crippen LogP contribution is 2.12. The molecule has 1 heterocycles. The van der Waals surface area contributed by atoms with Crippen molar-refractivity contribution >= 4 is 21.3 Å². The minimum absolute atomic E-state index is 0.274. The normalized spacial score (nSPS) is 11.8. The van der Waals surface area contributed by atoms with Crippen molar-refractivity contribution in [3.63, 3.8) is 0 Å². The Hall–Kier alpha value is -1.50. The summed E-state index contributed by atoms with van der Waals surface area (Å²) in [5.74, 6) is 0. The van der Waals surface area contributed by atoms with Crippen LogP contribution in [0.4, 0.5) is 0 Å². The molecule has 0 fully saturated rings. The van der Waals surface area contributed by atoms with Gasteiger partial charge in [0.2, 0.25) is 0 Å². The largest absolute Gasteiger partial charge is 0.397 e. The van der Waals surface area contributed by atoms with Gasteiger partial charge in [-0.2, -0.15) is 8.42 Å². The molecule has 0 aliphatic rings. The van der Waals surface area contributed by atoms with Gasteiger partial charge in [0.15, 0.2) is 0 Å². The average molecular weight is 239 g/mol. The lowest BCUT2D eigenvalue weighted by molar-refractivity contribution is 0.256. The van der Waals surface area contributed by atoms with Crippen LogP contribution in [-0.2, 0) is 21.2 Å². The van der Waals surface area contributed by atoms with E-state index in [4.69, 9.17) is 4.55 Å². The van der Waals surface area contributed by atoms with E-state index in [9.17, 15) is 8.42 Å². The fraction of sp³-hybridized carbons (Fsp3) is 0.100. The maximum Gasteiger partial charge on any atom is 0.397 e. The molecule has 0 unspecified atom stereocenters. The van der Waals surface area contributed by atoms with Crippen molar-refractivity contribution in [2.24, 2.45) is 0 Å². The Kier molecular flexibility index (Phi) is 2.86. The third-order valence-electron chi connectivity index (χ3n) is 2.01. The highest BCUT2D eigenvalue weighted by Gasteiger charge is 2.06. The number of pyridine rings is 1. The van der Waals surface area contributed by atoms with Crippen molar-refractivity contribution < 1.29 is 17.2 Å². The van der Waals surface area contributed by atoms with Crippen molar-refractivity contribution in [3.05, 3.63) is 42.1 Å². The monoisotopic (exact) mass is 239 g/mol. The first-order chi connectivity index (χ1) is 7.54. The minimum Gasteiger partial charge on any atom is -0.264 e. The maximum atomic E-state index is 10.4. The van der Waals surface area contributed by atoms with Gasteiger partial charge in [-0.1, -0.05) is 24.3 Å². The topological polar surface area (TPSA) is 76.5 Å². The van der Waals surface area contributed by atoms with Gasteiger partial charge < -0.3 is 0 Å². The molecule has 0 radical (unpaired) electrons. The molecule has 2 aromatic rings. The van der Waals surface area contributed by atoms with Gasteiger partial charge in [-0.05, 0) is 12.1 Å². The number of rotatable bonds is 3. The Morgan fingerprint density at radius 2 is 1.94 bits per heavy atom. The fourth-order valence-electron chi connectivity index (χ4n) is 1.32. The summed E-state index contributed by atoms with van der Waals surface area (Å²) >= 11 is 0. The van der Waals surface area contributed by atoms with Crippen molar-refractivity contribution in [1.29, 1.82) is 0 Å². The quantitative estimate of drug-likeness (QED) is 0.822. The van der Waals surface area contributed by atoms with Gasteiger partial charge in [0.1, 0.15) is 6.61 Å². The molecule has 5 nitrogen and oxygen atoms in total. The molecule has 0 amide bonds. The van der Waals surface area contributed by atoms with Crippen LogP contribution < -0.4 is 0 Å². The highest BCUT2D eigenvalue weighted by atomic mass is 32.3. The van der Waals surface area contributed by atoms with Crippen molar-refractivity contribution in [2.45, 2.75) is 6.61 Å². The lowest BCUT2D eigenvalue weighted by Crippen LogP contribution is -2.04. The Morgan fingerprint density at radius 3 is 2.69 bits per heavy atom. The maximum absolute atomic E-state index is 10.4. The summed E-state index contributed by atoms with van der Waals surface area (Å²) < 4.78 is 33.4. The molecule has 0 aliphatic carbocycles. The Morgan fingerprint density at radius 1 is 1.19 bits per heavy atom. The first-order valence-corrected chi connectivity index (χ1v) is 5.88. The Bertz CT molecular complexity index is 609. The third-order valence-corrected chi connectivity index (χ3v) is 2.43. The van der Waals surface area contributed by atoms with Crippen molar-refractivity contribution in [1.82, 2.24) is 4.98 Å². The molecule has 2 rings (SSSR count). The zero-order valence-corrected chi connectivity index (χ0v) is 9.02. The lowest BCUT2D eigenvalue weighted by atomic mass is 10.2. The van der Waals surface area contributed by atoms with Gasteiger partial charge in [0.05, 0.1) is 11.2 Å². The first-order valence-electron chi connectivity index (χ1n) is 4.51. The molecule has 84 valence electrons. The number of hydrogen-bond donors (Lipinski definition) is 1. The predicted molar refractivity (Wildman–Crippen MR) is 58.1 cm³/mol. The van der Waals surface area contributed by atoms with Crippen LogP contribution in [0, 0.1) is 0 Å². The van der Waals surface area contributed by atoms with E-state index >= 15 is 0 Å². The van der Waals surface area contributed by atoms with E-state index in [2.05, 4.69) is 9.17 Å². The van der Waals surface area contributed by atoms with E-state index in [0.717, 1.165) is 10.9 Å². The first kappa shape index (κ1) is 11.0. The van der Waals surface area contributed by atoms with E-state index in [1.807, 2.05) is 30.3 Å². The molecule has 0 saturated heterocycles. The molecule has 16 heavy (non-hydrogen) atoms. The summed E-state index contributed by atoms with van der Waals surface area (Å²) in [4.78, 5) is 4.18. The van der Waals surface area contributed by atoms with Crippen LogP contribution in [0.25, 0.3) is 10.9 Å².